The second kappa shape index (κ2) is 10.4. The zero-order chi connectivity index (χ0) is 23.4. The summed E-state index contributed by atoms with van der Waals surface area (Å²) < 4.78 is 5.42. The quantitative estimate of drug-likeness (QED) is 0.458. The number of amides is 2. The van der Waals surface area contributed by atoms with Gasteiger partial charge < -0.3 is 14.7 Å². The normalized spacial score (nSPS) is 13.8. The first-order chi connectivity index (χ1) is 15.9. The Hall–Kier alpha value is -2.83. The maximum atomic E-state index is 13.3. The fourth-order valence-corrected chi connectivity index (χ4v) is 4.53. The maximum absolute atomic E-state index is 13.3. The molecule has 1 heterocycles. The van der Waals surface area contributed by atoms with Crippen molar-refractivity contribution in [3.8, 4) is 0 Å². The van der Waals surface area contributed by atoms with Gasteiger partial charge in [-0.3, -0.25) is 9.59 Å². The van der Waals surface area contributed by atoms with Crippen molar-refractivity contribution in [1.82, 2.24) is 15.4 Å². The molecule has 1 N–H and O–H groups in total. The Morgan fingerprint density at radius 3 is 2.52 bits per heavy atom. The molecule has 1 fully saturated rings. The van der Waals surface area contributed by atoms with Gasteiger partial charge in [0.25, 0.3) is 11.8 Å². The number of carbonyl (C=O) groups excluding carboxylic acids is 2. The van der Waals surface area contributed by atoms with E-state index in [1.54, 1.807) is 29.2 Å². The molecule has 0 bridgehead atoms. The molecule has 1 saturated carbocycles. The number of rotatable bonds is 7. The second-order valence-corrected chi connectivity index (χ2v) is 9.19. The van der Waals surface area contributed by atoms with Gasteiger partial charge >= 0.3 is 0 Å². The minimum Gasteiger partial charge on any atom is -0.359 e. The van der Waals surface area contributed by atoms with Gasteiger partial charge in [-0.1, -0.05) is 71.0 Å². The standard InChI is InChI=1S/C25H25Cl2N3O3/c1-16-6-8-17(9-7-16)14-28-24(31)23-13-20(33-29-23)15-30(19-4-2-3-5-19)25(32)21-11-10-18(26)12-22(21)27/h6-13,19H,2-5,14-15H2,1H3,(H,28,31). The van der Waals surface area contributed by atoms with Crippen LogP contribution < -0.4 is 5.32 Å². The highest BCUT2D eigenvalue weighted by molar-refractivity contribution is 6.36. The first-order valence-corrected chi connectivity index (χ1v) is 11.7. The molecule has 0 spiro atoms. The van der Waals surface area contributed by atoms with Crippen molar-refractivity contribution in [2.45, 2.75) is 51.7 Å². The Morgan fingerprint density at radius 2 is 1.82 bits per heavy atom. The third kappa shape index (κ3) is 5.75. The van der Waals surface area contributed by atoms with E-state index in [4.69, 9.17) is 27.7 Å². The molecule has 6 nitrogen and oxygen atoms in total. The van der Waals surface area contributed by atoms with Gasteiger partial charge in [-0.15, -0.1) is 0 Å². The van der Waals surface area contributed by atoms with Gasteiger partial charge in [-0.05, 0) is 43.5 Å². The highest BCUT2D eigenvalue weighted by Crippen LogP contribution is 2.29. The summed E-state index contributed by atoms with van der Waals surface area (Å²) in [5.74, 6) is -0.0729. The highest BCUT2D eigenvalue weighted by Gasteiger charge is 2.30. The fourth-order valence-electron chi connectivity index (χ4n) is 4.04. The van der Waals surface area contributed by atoms with Gasteiger partial charge in [0.1, 0.15) is 0 Å². The van der Waals surface area contributed by atoms with Gasteiger partial charge in [0, 0.05) is 23.7 Å². The Balaban J connectivity index is 1.46. The molecule has 2 aromatic carbocycles. The van der Waals surface area contributed by atoms with Crippen molar-refractivity contribution < 1.29 is 14.1 Å². The smallest absolute Gasteiger partial charge is 0.273 e. The lowest BCUT2D eigenvalue weighted by Crippen LogP contribution is -2.38. The minimum atomic E-state index is -0.329. The molecule has 2 amide bonds. The van der Waals surface area contributed by atoms with E-state index in [0.29, 0.717) is 27.9 Å². The molecule has 0 unspecified atom stereocenters. The molecular weight excluding hydrogens is 461 g/mol. The number of nitrogens with one attached hydrogen (secondary N) is 1. The highest BCUT2D eigenvalue weighted by atomic mass is 35.5. The Kier molecular flexibility index (Phi) is 7.36. The first-order valence-electron chi connectivity index (χ1n) is 11.0. The van der Waals surface area contributed by atoms with E-state index in [9.17, 15) is 9.59 Å². The number of hydrogen-bond donors (Lipinski definition) is 1. The van der Waals surface area contributed by atoms with E-state index in [2.05, 4.69) is 10.5 Å². The molecule has 1 aliphatic rings. The number of nitrogens with zero attached hydrogens (tertiary/aromatic N) is 2. The molecule has 0 atom stereocenters. The summed E-state index contributed by atoms with van der Waals surface area (Å²) in [6.07, 6.45) is 3.95. The van der Waals surface area contributed by atoms with E-state index >= 15 is 0 Å². The van der Waals surface area contributed by atoms with Crippen molar-refractivity contribution in [3.63, 3.8) is 0 Å². The predicted molar refractivity (Wildman–Crippen MR) is 127 cm³/mol. The Bertz CT molecular complexity index is 1140. The zero-order valence-electron chi connectivity index (χ0n) is 18.3. The SMILES string of the molecule is Cc1ccc(CNC(=O)c2cc(CN(C(=O)c3ccc(Cl)cc3Cl)C3CCCC3)on2)cc1. The summed E-state index contributed by atoms with van der Waals surface area (Å²) in [6, 6.07) is 14.4. The van der Waals surface area contributed by atoms with Crippen molar-refractivity contribution in [2.75, 3.05) is 0 Å². The van der Waals surface area contributed by atoms with Crippen molar-refractivity contribution >= 4 is 35.0 Å². The zero-order valence-corrected chi connectivity index (χ0v) is 19.8. The first kappa shape index (κ1) is 23.3. The molecule has 3 aromatic rings. The Morgan fingerprint density at radius 1 is 1.09 bits per heavy atom. The van der Waals surface area contributed by atoms with Crippen molar-refractivity contribution in [2.24, 2.45) is 0 Å². The lowest BCUT2D eigenvalue weighted by atomic mass is 10.1. The van der Waals surface area contributed by atoms with Crippen LogP contribution in [0.1, 0.15) is 63.4 Å². The molecule has 0 radical (unpaired) electrons. The summed E-state index contributed by atoms with van der Waals surface area (Å²) in [4.78, 5) is 27.6. The number of carbonyl (C=O) groups is 2. The van der Waals surface area contributed by atoms with E-state index in [1.165, 1.54) is 0 Å². The third-order valence-corrected chi connectivity index (χ3v) is 6.43. The molecule has 0 saturated heterocycles. The molecule has 1 aliphatic carbocycles. The summed E-state index contributed by atoms with van der Waals surface area (Å²) in [5, 5.41) is 7.54. The fraction of sp³-hybridized carbons (Fsp3) is 0.320. The van der Waals surface area contributed by atoms with Crippen LogP contribution in [-0.2, 0) is 13.1 Å². The van der Waals surface area contributed by atoms with Crippen LogP contribution in [0.3, 0.4) is 0 Å². The topological polar surface area (TPSA) is 75.4 Å². The summed E-state index contributed by atoms with van der Waals surface area (Å²) in [5.41, 5.74) is 2.73. The average Bonchev–Trinajstić information content (AvgIpc) is 3.49. The van der Waals surface area contributed by atoms with Crippen molar-refractivity contribution in [1.29, 1.82) is 0 Å². The van der Waals surface area contributed by atoms with Crippen LogP contribution in [0.5, 0.6) is 0 Å². The lowest BCUT2D eigenvalue weighted by molar-refractivity contribution is 0.0643. The van der Waals surface area contributed by atoms with E-state index in [1.807, 2.05) is 31.2 Å². The molecule has 1 aromatic heterocycles. The number of aryl methyl sites for hydroxylation is 1. The summed E-state index contributed by atoms with van der Waals surface area (Å²) in [7, 11) is 0. The van der Waals surface area contributed by atoms with Crippen LogP contribution in [0.2, 0.25) is 10.0 Å². The maximum Gasteiger partial charge on any atom is 0.273 e. The molecule has 0 aliphatic heterocycles. The summed E-state index contributed by atoms with van der Waals surface area (Å²) in [6.45, 7) is 2.61. The molecule has 33 heavy (non-hydrogen) atoms. The van der Waals surface area contributed by atoms with Crippen molar-refractivity contribution in [3.05, 3.63) is 86.7 Å². The summed E-state index contributed by atoms with van der Waals surface area (Å²) >= 11 is 12.3. The molecule has 4 rings (SSSR count). The van der Waals surface area contributed by atoms with Crippen LogP contribution >= 0.6 is 23.2 Å². The number of benzene rings is 2. The van der Waals surface area contributed by atoms with Crippen LogP contribution in [0.4, 0.5) is 0 Å². The van der Waals surface area contributed by atoms with Gasteiger partial charge in [0.15, 0.2) is 11.5 Å². The van der Waals surface area contributed by atoms with Gasteiger partial charge in [-0.2, -0.15) is 0 Å². The minimum absolute atomic E-state index is 0.0770. The van der Waals surface area contributed by atoms with Gasteiger partial charge in [-0.25, -0.2) is 0 Å². The second-order valence-electron chi connectivity index (χ2n) is 8.34. The van der Waals surface area contributed by atoms with E-state index in [-0.39, 0.29) is 30.1 Å². The Labute approximate surface area is 202 Å². The molecular formula is C25H25Cl2N3O3. The monoisotopic (exact) mass is 485 g/mol. The number of aromatic nitrogens is 1. The third-order valence-electron chi connectivity index (χ3n) is 5.88. The van der Waals surface area contributed by atoms with Gasteiger partial charge in [0.2, 0.25) is 0 Å². The average molecular weight is 486 g/mol. The molecule has 172 valence electrons. The van der Waals surface area contributed by atoms with E-state index < -0.39 is 0 Å². The largest absolute Gasteiger partial charge is 0.359 e. The number of hydrogen-bond acceptors (Lipinski definition) is 4. The molecule has 8 heteroatoms. The lowest BCUT2D eigenvalue weighted by Gasteiger charge is -2.28. The van der Waals surface area contributed by atoms with Crippen LogP contribution in [0, 0.1) is 6.92 Å². The van der Waals surface area contributed by atoms with Crippen LogP contribution in [0.15, 0.2) is 53.1 Å². The predicted octanol–water partition coefficient (Wildman–Crippen LogP) is 5.80. The van der Waals surface area contributed by atoms with E-state index in [0.717, 1.165) is 36.8 Å². The van der Waals surface area contributed by atoms with Gasteiger partial charge in [0.05, 0.1) is 17.1 Å². The van der Waals surface area contributed by atoms with Crippen LogP contribution in [0.25, 0.3) is 0 Å². The van der Waals surface area contributed by atoms with Crippen LogP contribution in [-0.4, -0.2) is 27.9 Å². The number of halogens is 2.